The van der Waals surface area contributed by atoms with Crippen LogP contribution in [0.5, 0.6) is 5.75 Å². The van der Waals surface area contributed by atoms with E-state index in [-0.39, 0.29) is 23.6 Å². The zero-order valence-corrected chi connectivity index (χ0v) is 17.3. The molecule has 1 aliphatic heterocycles. The lowest BCUT2D eigenvalue weighted by atomic mass is 9.82. The average Bonchev–Trinajstić information content (AvgIpc) is 2.73. The molecule has 0 amide bonds. The average molecular weight is 404 g/mol. The van der Waals surface area contributed by atoms with Crippen molar-refractivity contribution in [1.29, 1.82) is 5.26 Å². The number of nitriles is 1. The molecule has 1 atom stereocenters. The Hall–Kier alpha value is -3.72. The number of carbonyl (C=O) groups is 1. The predicted molar refractivity (Wildman–Crippen MR) is 112 cm³/mol. The highest BCUT2D eigenvalue weighted by atomic mass is 16.5. The van der Waals surface area contributed by atoms with Gasteiger partial charge in [-0.2, -0.15) is 5.26 Å². The van der Waals surface area contributed by atoms with Crippen molar-refractivity contribution in [3.63, 3.8) is 0 Å². The molecule has 1 unspecified atom stereocenters. The van der Waals surface area contributed by atoms with Gasteiger partial charge in [-0.15, -0.1) is 0 Å². The number of esters is 1. The van der Waals surface area contributed by atoms with Crippen LogP contribution in [0.3, 0.4) is 0 Å². The number of ether oxygens (including phenoxy) is 3. The Bertz CT molecular complexity index is 1050. The molecule has 1 aliphatic rings. The number of hydrogen-bond acceptors (Lipinski definition) is 6. The SMILES string of the molecule is CCOC(=O)C1=C(C)OC(N)=C(C#N)C1c1ccc(C)c(OCc2ccccc2)c1. The summed E-state index contributed by atoms with van der Waals surface area (Å²) in [7, 11) is 0. The van der Waals surface area contributed by atoms with E-state index in [9.17, 15) is 10.1 Å². The Morgan fingerprint density at radius 2 is 1.93 bits per heavy atom. The summed E-state index contributed by atoms with van der Waals surface area (Å²) in [6.07, 6.45) is 0. The number of carbonyl (C=O) groups excluding carboxylic acids is 1. The molecule has 3 rings (SSSR count). The smallest absolute Gasteiger partial charge is 0.338 e. The van der Waals surface area contributed by atoms with Crippen LogP contribution < -0.4 is 10.5 Å². The highest BCUT2D eigenvalue weighted by Crippen LogP contribution is 2.41. The summed E-state index contributed by atoms with van der Waals surface area (Å²) in [5.41, 5.74) is 9.08. The Labute approximate surface area is 176 Å². The van der Waals surface area contributed by atoms with Gasteiger partial charge in [-0.25, -0.2) is 4.79 Å². The minimum atomic E-state index is -0.692. The molecule has 0 saturated carbocycles. The second-order valence-electron chi connectivity index (χ2n) is 6.91. The van der Waals surface area contributed by atoms with Crippen molar-refractivity contribution < 1.29 is 19.0 Å². The molecule has 6 heteroatoms. The molecule has 0 aromatic heterocycles. The quantitative estimate of drug-likeness (QED) is 0.725. The number of hydrogen-bond donors (Lipinski definition) is 1. The molecule has 1 heterocycles. The summed E-state index contributed by atoms with van der Waals surface area (Å²) in [4.78, 5) is 12.7. The van der Waals surface area contributed by atoms with E-state index in [1.54, 1.807) is 13.8 Å². The third kappa shape index (κ3) is 4.31. The minimum absolute atomic E-state index is 0.0135. The zero-order chi connectivity index (χ0) is 21.7. The van der Waals surface area contributed by atoms with Gasteiger partial charge in [0, 0.05) is 0 Å². The van der Waals surface area contributed by atoms with E-state index < -0.39 is 11.9 Å². The van der Waals surface area contributed by atoms with Gasteiger partial charge in [0.25, 0.3) is 0 Å². The van der Waals surface area contributed by atoms with E-state index in [0.29, 0.717) is 23.7 Å². The first-order chi connectivity index (χ1) is 14.5. The van der Waals surface area contributed by atoms with Gasteiger partial charge in [0.15, 0.2) is 0 Å². The number of aryl methyl sites for hydroxylation is 1. The fourth-order valence-corrected chi connectivity index (χ4v) is 3.38. The Morgan fingerprint density at radius 1 is 1.20 bits per heavy atom. The maximum Gasteiger partial charge on any atom is 0.338 e. The van der Waals surface area contributed by atoms with Crippen LogP contribution in [-0.4, -0.2) is 12.6 Å². The second kappa shape index (κ2) is 9.19. The third-order valence-electron chi connectivity index (χ3n) is 4.88. The molecule has 2 aromatic carbocycles. The van der Waals surface area contributed by atoms with Crippen LogP contribution in [-0.2, 0) is 20.9 Å². The zero-order valence-electron chi connectivity index (χ0n) is 17.3. The first kappa shape index (κ1) is 21.0. The molecule has 0 spiro atoms. The second-order valence-corrected chi connectivity index (χ2v) is 6.91. The molecule has 0 fully saturated rings. The topological polar surface area (TPSA) is 94.6 Å². The fraction of sp³-hybridized carbons (Fsp3) is 0.250. The lowest BCUT2D eigenvalue weighted by Gasteiger charge is -2.27. The Kier molecular flexibility index (Phi) is 6.43. The molecule has 2 N–H and O–H groups in total. The summed E-state index contributed by atoms with van der Waals surface area (Å²) in [5.74, 6) is -0.253. The van der Waals surface area contributed by atoms with Gasteiger partial charge in [-0.3, -0.25) is 0 Å². The third-order valence-corrected chi connectivity index (χ3v) is 4.88. The van der Waals surface area contributed by atoms with E-state index in [1.807, 2.05) is 55.5 Å². The van der Waals surface area contributed by atoms with Crippen LogP contribution in [0.1, 0.15) is 36.5 Å². The molecule has 0 saturated heterocycles. The monoisotopic (exact) mass is 404 g/mol. The van der Waals surface area contributed by atoms with E-state index in [1.165, 1.54) is 0 Å². The molecular formula is C24H24N2O4. The molecule has 30 heavy (non-hydrogen) atoms. The normalized spacial score (nSPS) is 16.0. The van der Waals surface area contributed by atoms with Gasteiger partial charge in [0.2, 0.25) is 5.88 Å². The van der Waals surface area contributed by atoms with Gasteiger partial charge >= 0.3 is 5.97 Å². The fourth-order valence-electron chi connectivity index (χ4n) is 3.38. The van der Waals surface area contributed by atoms with Gasteiger partial charge in [-0.05, 0) is 43.5 Å². The maximum absolute atomic E-state index is 12.7. The molecule has 0 radical (unpaired) electrons. The number of allylic oxidation sites excluding steroid dienone is 2. The molecule has 0 aliphatic carbocycles. The van der Waals surface area contributed by atoms with Gasteiger partial charge < -0.3 is 19.9 Å². The van der Waals surface area contributed by atoms with Gasteiger partial charge in [-0.1, -0.05) is 42.5 Å². The summed E-state index contributed by atoms with van der Waals surface area (Å²) in [6, 6.07) is 17.5. The Morgan fingerprint density at radius 3 is 2.60 bits per heavy atom. The summed E-state index contributed by atoms with van der Waals surface area (Å²) >= 11 is 0. The van der Waals surface area contributed by atoms with E-state index in [4.69, 9.17) is 19.9 Å². The highest BCUT2D eigenvalue weighted by molar-refractivity contribution is 5.92. The maximum atomic E-state index is 12.7. The van der Waals surface area contributed by atoms with Crippen molar-refractivity contribution in [1.82, 2.24) is 0 Å². The van der Waals surface area contributed by atoms with Crippen LogP contribution in [0.25, 0.3) is 0 Å². The van der Waals surface area contributed by atoms with E-state index in [0.717, 1.165) is 11.1 Å². The van der Waals surface area contributed by atoms with Crippen molar-refractivity contribution in [3.05, 3.63) is 88.0 Å². The summed E-state index contributed by atoms with van der Waals surface area (Å²) in [6.45, 7) is 5.92. The number of nitrogens with two attached hydrogens (primary N) is 1. The van der Waals surface area contributed by atoms with Gasteiger partial charge in [0.1, 0.15) is 29.8 Å². The van der Waals surface area contributed by atoms with Crippen LogP contribution in [0, 0.1) is 18.3 Å². The van der Waals surface area contributed by atoms with Gasteiger partial charge in [0.05, 0.1) is 18.1 Å². The van der Waals surface area contributed by atoms with Crippen LogP contribution in [0.4, 0.5) is 0 Å². The number of nitrogens with zero attached hydrogens (tertiary/aromatic N) is 1. The van der Waals surface area contributed by atoms with Crippen molar-refractivity contribution >= 4 is 5.97 Å². The van der Waals surface area contributed by atoms with Crippen LogP contribution in [0.15, 0.2) is 71.3 Å². The number of rotatable bonds is 6. The van der Waals surface area contributed by atoms with Crippen molar-refractivity contribution in [2.45, 2.75) is 33.3 Å². The lowest BCUT2D eigenvalue weighted by Crippen LogP contribution is -2.25. The lowest BCUT2D eigenvalue weighted by molar-refractivity contribution is -0.139. The Balaban J connectivity index is 2.01. The predicted octanol–water partition coefficient (Wildman–Crippen LogP) is 4.22. The first-order valence-electron chi connectivity index (χ1n) is 9.69. The van der Waals surface area contributed by atoms with Crippen LogP contribution in [0.2, 0.25) is 0 Å². The first-order valence-corrected chi connectivity index (χ1v) is 9.69. The highest BCUT2D eigenvalue weighted by Gasteiger charge is 2.36. The largest absolute Gasteiger partial charge is 0.489 e. The molecule has 154 valence electrons. The summed E-state index contributed by atoms with van der Waals surface area (Å²) in [5, 5.41) is 9.71. The summed E-state index contributed by atoms with van der Waals surface area (Å²) < 4.78 is 16.7. The molecule has 2 aromatic rings. The van der Waals surface area contributed by atoms with E-state index >= 15 is 0 Å². The molecule has 6 nitrogen and oxygen atoms in total. The van der Waals surface area contributed by atoms with Crippen molar-refractivity contribution in [2.24, 2.45) is 5.73 Å². The van der Waals surface area contributed by atoms with Crippen molar-refractivity contribution in [3.8, 4) is 11.8 Å². The van der Waals surface area contributed by atoms with Crippen LogP contribution >= 0.6 is 0 Å². The minimum Gasteiger partial charge on any atom is -0.489 e. The molecule has 0 bridgehead atoms. The standard InChI is InChI=1S/C24H24N2O4/c1-4-28-24(27)21-16(3)30-23(26)19(13-25)22(21)18-11-10-15(2)20(12-18)29-14-17-8-6-5-7-9-17/h5-12,22H,4,14,26H2,1-3H3. The van der Waals surface area contributed by atoms with Crippen molar-refractivity contribution in [2.75, 3.05) is 6.61 Å². The van der Waals surface area contributed by atoms with E-state index in [2.05, 4.69) is 6.07 Å². The molecular weight excluding hydrogens is 380 g/mol. The number of benzene rings is 2.